The van der Waals surface area contributed by atoms with Crippen molar-refractivity contribution in [2.75, 3.05) is 32.8 Å². The molecule has 20 heavy (non-hydrogen) atoms. The molecule has 0 radical (unpaired) electrons. The summed E-state index contributed by atoms with van der Waals surface area (Å²) in [7, 11) is 0. The van der Waals surface area contributed by atoms with Crippen LogP contribution in [0.25, 0.3) is 0 Å². The van der Waals surface area contributed by atoms with Crippen LogP contribution >= 0.6 is 0 Å². The molecule has 2 unspecified atom stereocenters. The molecule has 5 heteroatoms. The van der Waals surface area contributed by atoms with Crippen LogP contribution in [0.5, 0.6) is 0 Å². The van der Waals surface area contributed by atoms with E-state index < -0.39 is 5.41 Å². The summed E-state index contributed by atoms with van der Waals surface area (Å²) in [4.78, 5) is 14.6. The molecule has 0 aromatic rings. The molecule has 0 aromatic carbocycles. The monoisotopic (exact) mass is 284 g/mol. The zero-order valence-corrected chi connectivity index (χ0v) is 12.8. The number of carbonyl (C=O) groups excluding carboxylic acids is 1. The molecule has 5 nitrogen and oxygen atoms in total. The number of hydrogen-bond acceptors (Lipinski definition) is 4. The van der Waals surface area contributed by atoms with Crippen molar-refractivity contribution in [3.05, 3.63) is 0 Å². The highest BCUT2D eigenvalue weighted by atomic mass is 16.5. The highest BCUT2D eigenvalue weighted by Crippen LogP contribution is 2.22. The second kappa shape index (κ2) is 6.87. The van der Waals surface area contributed by atoms with Gasteiger partial charge >= 0.3 is 0 Å². The molecule has 2 rings (SSSR count). The van der Waals surface area contributed by atoms with Gasteiger partial charge in [-0.15, -0.1) is 0 Å². The largest absolute Gasteiger partial charge is 0.376 e. The smallest absolute Gasteiger partial charge is 0.229 e. The molecule has 2 atom stereocenters. The molecule has 2 N–H and O–H groups in total. The molecule has 0 bridgehead atoms. The van der Waals surface area contributed by atoms with E-state index >= 15 is 0 Å². The second-order valence-corrected chi connectivity index (χ2v) is 6.57. The third-order valence-corrected chi connectivity index (χ3v) is 4.27. The minimum absolute atomic E-state index is 0.117. The second-order valence-electron chi connectivity index (χ2n) is 6.57. The highest BCUT2D eigenvalue weighted by molar-refractivity contribution is 5.82. The van der Waals surface area contributed by atoms with Gasteiger partial charge < -0.3 is 20.1 Å². The van der Waals surface area contributed by atoms with Gasteiger partial charge in [0, 0.05) is 32.8 Å². The minimum Gasteiger partial charge on any atom is -0.376 e. The van der Waals surface area contributed by atoms with Crippen molar-refractivity contribution in [1.29, 1.82) is 0 Å². The van der Waals surface area contributed by atoms with Crippen LogP contribution < -0.4 is 5.73 Å². The summed E-state index contributed by atoms with van der Waals surface area (Å²) < 4.78 is 11.4. The van der Waals surface area contributed by atoms with Crippen LogP contribution in [0, 0.1) is 5.41 Å². The van der Waals surface area contributed by atoms with E-state index in [0.717, 1.165) is 38.9 Å². The summed E-state index contributed by atoms with van der Waals surface area (Å²) in [6.45, 7) is 7.14. The van der Waals surface area contributed by atoms with Crippen LogP contribution in [-0.2, 0) is 14.3 Å². The summed E-state index contributed by atoms with van der Waals surface area (Å²) >= 11 is 0. The predicted octanol–water partition coefficient (Wildman–Crippen LogP) is 1.16. The van der Waals surface area contributed by atoms with Gasteiger partial charge in [-0.25, -0.2) is 0 Å². The summed E-state index contributed by atoms with van der Waals surface area (Å²) in [5.41, 5.74) is 5.23. The normalized spacial score (nSPS) is 26.9. The lowest BCUT2D eigenvalue weighted by molar-refractivity contribution is -0.143. The molecule has 2 aliphatic rings. The number of nitrogens with zero attached hydrogens (tertiary/aromatic N) is 1. The van der Waals surface area contributed by atoms with Crippen molar-refractivity contribution in [3.63, 3.8) is 0 Å². The van der Waals surface area contributed by atoms with Gasteiger partial charge in [-0.2, -0.15) is 0 Å². The van der Waals surface area contributed by atoms with Crippen LogP contribution in [0.15, 0.2) is 0 Å². The highest BCUT2D eigenvalue weighted by Gasteiger charge is 2.34. The summed E-state index contributed by atoms with van der Waals surface area (Å²) in [6.07, 6.45) is 4.61. The zero-order valence-electron chi connectivity index (χ0n) is 12.8. The number of hydrogen-bond donors (Lipinski definition) is 1. The van der Waals surface area contributed by atoms with Crippen molar-refractivity contribution in [1.82, 2.24) is 4.90 Å². The Morgan fingerprint density at radius 2 is 1.65 bits per heavy atom. The Balaban J connectivity index is 1.99. The first-order valence-electron chi connectivity index (χ1n) is 7.75. The standard InChI is InChI=1S/C15H28N2O3/c1-15(2,11-16)14(18)17(9-12-5-3-7-19-12)10-13-6-4-8-20-13/h12-13H,3-11,16H2,1-2H3. The van der Waals surface area contributed by atoms with Gasteiger partial charge in [0.15, 0.2) is 0 Å². The first-order valence-corrected chi connectivity index (χ1v) is 7.75. The lowest BCUT2D eigenvalue weighted by atomic mass is 9.91. The maximum Gasteiger partial charge on any atom is 0.229 e. The van der Waals surface area contributed by atoms with E-state index in [9.17, 15) is 4.79 Å². The molecule has 2 heterocycles. The van der Waals surface area contributed by atoms with Gasteiger partial charge in [0.2, 0.25) is 5.91 Å². The fraction of sp³-hybridized carbons (Fsp3) is 0.933. The number of nitrogens with two attached hydrogens (primary N) is 1. The molecule has 116 valence electrons. The van der Waals surface area contributed by atoms with Gasteiger partial charge in [0.25, 0.3) is 0 Å². The Morgan fingerprint density at radius 1 is 1.15 bits per heavy atom. The molecule has 2 fully saturated rings. The molecular formula is C15H28N2O3. The van der Waals surface area contributed by atoms with E-state index in [-0.39, 0.29) is 18.1 Å². The molecule has 1 amide bonds. The van der Waals surface area contributed by atoms with E-state index in [1.54, 1.807) is 0 Å². The van der Waals surface area contributed by atoms with Crippen LogP contribution in [0.1, 0.15) is 39.5 Å². The maximum absolute atomic E-state index is 12.7. The Labute approximate surface area is 121 Å². The van der Waals surface area contributed by atoms with Gasteiger partial charge in [-0.05, 0) is 39.5 Å². The molecule has 0 saturated carbocycles. The first kappa shape index (κ1) is 15.7. The summed E-state index contributed by atoms with van der Waals surface area (Å²) in [5, 5.41) is 0. The number of ether oxygens (including phenoxy) is 2. The first-order chi connectivity index (χ1) is 9.53. The lowest BCUT2D eigenvalue weighted by Gasteiger charge is -2.34. The average Bonchev–Trinajstić information content (AvgIpc) is 3.10. The third kappa shape index (κ3) is 3.93. The van der Waals surface area contributed by atoms with Gasteiger partial charge in [-0.3, -0.25) is 4.79 Å². The van der Waals surface area contributed by atoms with E-state index in [1.165, 1.54) is 0 Å². The number of carbonyl (C=O) groups is 1. The van der Waals surface area contributed by atoms with Gasteiger partial charge in [0.05, 0.1) is 17.6 Å². The van der Waals surface area contributed by atoms with Crippen molar-refractivity contribution < 1.29 is 14.3 Å². The Bertz CT molecular complexity index is 303. The Kier molecular flexibility index (Phi) is 5.41. The molecule has 2 saturated heterocycles. The Hall–Kier alpha value is -0.650. The summed E-state index contributed by atoms with van der Waals surface area (Å²) in [5.74, 6) is 0.117. The van der Waals surface area contributed by atoms with E-state index in [0.29, 0.717) is 19.6 Å². The molecule has 0 spiro atoms. The SMILES string of the molecule is CC(C)(CN)C(=O)N(CC1CCCO1)CC1CCCO1. The number of amides is 1. The topological polar surface area (TPSA) is 64.8 Å². The molecule has 0 aromatic heterocycles. The fourth-order valence-corrected chi connectivity index (χ4v) is 2.82. The van der Waals surface area contributed by atoms with Crippen molar-refractivity contribution in [3.8, 4) is 0 Å². The molecular weight excluding hydrogens is 256 g/mol. The quantitative estimate of drug-likeness (QED) is 0.795. The predicted molar refractivity (Wildman–Crippen MR) is 77.4 cm³/mol. The van der Waals surface area contributed by atoms with Crippen LogP contribution in [0.2, 0.25) is 0 Å². The van der Waals surface area contributed by atoms with Crippen LogP contribution in [0.4, 0.5) is 0 Å². The third-order valence-electron chi connectivity index (χ3n) is 4.27. The zero-order chi connectivity index (χ0) is 14.6. The van der Waals surface area contributed by atoms with Crippen LogP contribution in [-0.4, -0.2) is 55.9 Å². The van der Waals surface area contributed by atoms with Gasteiger partial charge in [0.1, 0.15) is 0 Å². The molecule has 2 aliphatic heterocycles. The van der Waals surface area contributed by atoms with Crippen molar-refractivity contribution in [2.45, 2.75) is 51.7 Å². The van der Waals surface area contributed by atoms with Crippen molar-refractivity contribution >= 4 is 5.91 Å². The number of rotatable bonds is 6. The van der Waals surface area contributed by atoms with E-state index in [2.05, 4.69) is 0 Å². The fourth-order valence-electron chi connectivity index (χ4n) is 2.82. The van der Waals surface area contributed by atoms with Gasteiger partial charge in [-0.1, -0.05) is 0 Å². The van der Waals surface area contributed by atoms with Crippen LogP contribution in [0.3, 0.4) is 0 Å². The molecule has 0 aliphatic carbocycles. The van der Waals surface area contributed by atoms with Crippen molar-refractivity contribution in [2.24, 2.45) is 11.1 Å². The van der Waals surface area contributed by atoms with E-state index in [4.69, 9.17) is 15.2 Å². The minimum atomic E-state index is -0.517. The maximum atomic E-state index is 12.7. The lowest BCUT2D eigenvalue weighted by Crippen LogP contribution is -2.49. The Morgan fingerprint density at radius 3 is 2.00 bits per heavy atom. The average molecular weight is 284 g/mol. The van der Waals surface area contributed by atoms with E-state index in [1.807, 2.05) is 18.7 Å². The summed E-state index contributed by atoms with van der Waals surface area (Å²) in [6, 6.07) is 0.